The molecule has 1 amide bonds. The van der Waals surface area contributed by atoms with Crippen molar-refractivity contribution in [3.05, 3.63) is 41.1 Å². The van der Waals surface area contributed by atoms with Crippen LogP contribution in [0.2, 0.25) is 0 Å². The van der Waals surface area contributed by atoms with Crippen molar-refractivity contribution in [1.82, 2.24) is 4.57 Å². The summed E-state index contributed by atoms with van der Waals surface area (Å²) in [6.07, 6.45) is 0.710. The second-order valence-corrected chi connectivity index (χ2v) is 8.27. The number of amides is 1. The molecule has 2 aromatic rings. The minimum atomic E-state index is -3.76. The highest BCUT2D eigenvalue weighted by Gasteiger charge is 2.30. The van der Waals surface area contributed by atoms with E-state index in [0.717, 1.165) is 11.3 Å². The van der Waals surface area contributed by atoms with Crippen LogP contribution in [-0.4, -0.2) is 32.6 Å². The zero-order chi connectivity index (χ0) is 19.5. The molecule has 0 saturated heterocycles. The highest BCUT2D eigenvalue weighted by molar-refractivity contribution is 7.91. The number of sulfone groups is 1. The summed E-state index contributed by atoms with van der Waals surface area (Å²) in [5.41, 5.74) is 2.44. The number of carbonyl (C=O) groups is 1. The number of carbonyl (C=O) groups excluding carboxylic acids is 1. The monoisotopic (exact) mass is 378 g/mol. The Labute approximate surface area is 155 Å². The molecule has 1 N–H and O–H groups in total. The molecule has 0 unspecified atom stereocenters. The molecule has 1 heterocycles. The number of aromatic nitrogens is 1. The van der Waals surface area contributed by atoms with Gasteiger partial charge in [0.2, 0.25) is 15.7 Å². The lowest BCUT2D eigenvalue weighted by Gasteiger charge is -2.13. The van der Waals surface area contributed by atoms with Crippen LogP contribution in [0.1, 0.15) is 30.2 Å². The van der Waals surface area contributed by atoms with Gasteiger partial charge in [0.25, 0.3) is 0 Å². The van der Waals surface area contributed by atoms with E-state index in [2.05, 4.69) is 5.32 Å². The highest BCUT2D eigenvalue weighted by Crippen LogP contribution is 2.35. The fourth-order valence-electron chi connectivity index (χ4n) is 2.94. The summed E-state index contributed by atoms with van der Waals surface area (Å²) in [7, 11) is -2.14. The number of nitrogens with zero attached hydrogens (tertiary/aromatic N) is 1. The zero-order valence-corrected chi connectivity index (χ0v) is 16.7. The SMILES string of the molecule is COCCCn1c(C)c(C)c(S(=O)(=O)c2ccc(C)cc2)c1NC(C)=O. The Morgan fingerprint density at radius 2 is 1.77 bits per heavy atom. The molecular weight excluding hydrogens is 352 g/mol. The lowest BCUT2D eigenvalue weighted by molar-refractivity contribution is -0.114. The predicted octanol–water partition coefficient (Wildman–Crippen LogP) is 3.24. The summed E-state index contributed by atoms with van der Waals surface area (Å²) in [5.74, 6) is 0.0139. The molecule has 0 aliphatic carbocycles. The highest BCUT2D eigenvalue weighted by atomic mass is 32.2. The first-order chi connectivity index (χ1) is 12.2. The molecule has 0 saturated carbocycles. The van der Waals surface area contributed by atoms with Gasteiger partial charge >= 0.3 is 0 Å². The van der Waals surface area contributed by atoms with Crippen LogP contribution in [0.15, 0.2) is 34.1 Å². The summed E-state index contributed by atoms with van der Waals surface area (Å²) in [4.78, 5) is 12.1. The van der Waals surface area contributed by atoms with Crippen LogP contribution in [0.5, 0.6) is 0 Å². The minimum Gasteiger partial charge on any atom is -0.385 e. The van der Waals surface area contributed by atoms with Crippen LogP contribution in [-0.2, 0) is 25.9 Å². The zero-order valence-electron chi connectivity index (χ0n) is 15.9. The average Bonchev–Trinajstić information content (AvgIpc) is 2.79. The van der Waals surface area contributed by atoms with E-state index in [9.17, 15) is 13.2 Å². The van der Waals surface area contributed by atoms with Crippen molar-refractivity contribution < 1.29 is 17.9 Å². The molecule has 6 nitrogen and oxygen atoms in total. The maximum Gasteiger partial charge on any atom is 0.222 e. The van der Waals surface area contributed by atoms with Crippen molar-refractivity contribution in [1.29, 1.82) is 0 Å². The summed E-state index contributed by atoms with van der Waals surface area (Å²) in [5, 5.41) is 2.72. The second-order valence-electron chi connectivity index (χ2n) is 6.38. The Morgan fingerprint density at radius 1 is 1.15 bits per heavy atom. The molecule has 1 aromatic heterocycles. The molecule has 0 bridgehead atoms. The maximum absolute atomic E-state index is 13.3. The van der Waals surface area contributed by atoms with Crippen molar-refractivity contribution in [2.45, 2.75) is 50.5 Å². The van der Waals surface area contributed by atoms with Gasteiger partial charge in [-0.25, -0.2) is 8.42 Å². The predicted molar refractivity (Wildman–Crippen MR) is 101 cm³/mol. The third-order valence-corrected chi connectivity index (χ3v) is 6.33. The summed E-state index contributed by atoms with van der Waals surface area (Å²) in [6, 6.07) is 6.73. The number of aryl methyl sites for hydroxylation is 1. The maximum atomic E-state index is 13.3. The summed E-state index contributed by atoms with van der Waals surface area (Å²) < 4.78 is 33.5. The number of anilines is 1. The second kappa shape index (κ2) is 8.05. The molecule has 0 atom stereocenters. The Morgan fingerprint density at radius 3 is 2.31 bits per heavy atom. The lowest BCUT2D eigenvalue weighted by atomic mass is 10.2. The van der Waals surface area contributed by atoms with E-state index in [4.69, 9.17) is 4.74 Å². The Kier molecular flexibility index (Phi) is 6.26. The minimum absolute atomic E-state index is 0.159. The number of benzene rings is 1. The largest absolute Gasteiger partial charge is 0.385 e. The Balaban J connectivity index is 2.64. The van der Waals surface area contributed by atoms with Gasteiger partial charge < -0.3 is 14.6 Å². The first-order valence-corrected chi connectivity index (χ1v) is 9.96. The van der Waals surface area contributed by atoms with Crippen LogP contribution < -0.4 is 5.32 Å². The van der Waals surface area contributed by atoms with E-state index in [1.165, 1.54) is 6.92 Å². The molecule has 0 aliphatic heterocycles. The van der Waals surface area contributed by atoms with Gasteiger partial charge in [-0.2, -0.15) is 0 Å². The van der Waals surface area contributed by atoms with E-state index in [1.807, 2.05) is 18.4 Å². The van der Waals surface area contributed by atoms with Crippen LogP contribution >= 0.6 is 0 Å². The fraction of sp³-hybridized carbons (Fsp3) is 0.421. The third kappa shape index (κ3) is 3.99. The van der Waals surface area contributed by atoms with E-state index in [-0.39, 0.29) is 15.7 Å². The molecule has 142 valence electrons. The first kappa shape index (κ1) is 20.2. The van der Waals surface area contributed by atoms with E-state index < -0.39 is 9.84 Å². The van der Waals surface area contributed by atoms with Gasteiger partial charge in [0.05, 0.1) is 4.90 Å². The molecular formula is C19H26N2O4S. The Bertz CT molecular complexity index is 897. The third-order valence-electron chi connectivity index (χ3n) is 4.40. The number of nitrogens with one attached hydrogen (secondary N) is 1. The van der Waals surface area contributed by atoms with Gasteiger partial charge in [-0.15, -0.1) is 0 Å². The van der Waals surface area contributed by atoms with Crippen molar-refractivity contribution in [2.75, 3.05) is 19.0 Å². The van der Waals surface area contributed by atoms with Gasteiger partial charge in [-0.3, -0.25) is 4.79 Å². The van der Waals surface area contributed by atoms with E-state index >= 15 is 0 Å². The van der Waals surface area contributed by atoms with Crippen molar-refractivity contribution >= 4 is 21.6 Å². The van der Waals surface area contributed by atoms with Crippen molar-refractivity contribution in [3.63, 3.8) is 0 Å². The molecule has 26 heavy (non-hydrogen) atoms. The van der Waals surface area contributed by atoms with Crippen LogP contribution in [0, 0.1) is 20.8 Å². The number of rotatable bonds is 7. The molecule has 0 fully saturated rings. The van der Waals surface area contributed by atoms with E-state index in [1.54, 1.807) is 38.3 Å². The average molecular weight is 378 g/mol. The fourth-order valence-corrected chi connectivity index (χ4v) is 4.63. The van der Waals surface area contributed by atoms with Crippen LogP contribution in [0.3, 0.4) is 0 Å². The van der Waals surface area contributed by atoms with E-state index in [0.29, 0.717) is 31.0 Å². The quantitative estimate of drug-likeness (QED) is 0.750. The smallest absolute Gasteiger partial charge is 0.222 e. The molecule has 2 rings (SSSR count). The number of methoxy groups -OCH3 is 1. The standard InChI is InChI=1S/C19H26N2O4S/c1-13-7-9-17(10-8-13)26(23,24)18-14(2)15(3)21(11-6-12-25-5)19(18)20-16(4)22/h7-10H,6,11-12H2,1-5H3,(H,20,22). The molecule has 7 heteroatoms. The van der Waals surface area contributed by atoms with Gasteiger partial charge in [-0.05, 0) is 44.9 Å². The molecule has 0 radical (unpaired) electrons. The molecule has 0 aliphatic rings. The number of hydrogen-bond acceptors (Lipinski definition) is 4. The Hall–Kier alpha value is -2.12. The normalized spacial score (nSPS) is 11.6. The lowest BCUT2D eigenvalue weighted by Crippen LogP contribution is -2.15. The van der Waals surface area contributed by atoms with Gasteiger partial charge in [0, 0.05) is 32.9 Å². The number of ether oxygens (including phenoxy) is 1. The molecule has 0 spiro atoms. The topological polar surface area (TPSA) is 77.4 Å². The molecule has 1 aromatic carbocycles. The summed E-state index contributed by atoms with van der Waals surface area (Å²) >= 11 is 0. The van der Waals surface area contributed by atoms with Gasteiger partial charge in [0.15, 0.2) is 0 Å². The van der Waals surface area contributed by atoms with Crippen LogP contribution in [0.4, 0.5) is 5.82 Å². The number of hydrogen-bond donors (Lipinski definition) is 1. The summed E-state index contributed by atoms with van der Waals surface area (Å²) in [6.45, 7) is 8.02. The van der Waals surface area contributed by atoms with Crippen LogP contribution in [0.25, 0.3) is 0 Å². The first-order valence-electron chi connectivity index (χ1n) is 8.48. The van der Waals surface area contributed by atoms with Gasteiger partial charge in [-0.1, -0.05) is 17.7 Å². The van der Waals surface area contributed by atoms with Crippen molar-refractivity contribution in [2.24, 2.45) is 0 Å². The van der Waals surface area contributed by atoms with Crippen molar-refractivity contribution in [3.8, 4) is 0 Å². The van der Waals surface area contributed by atoms with Gasteiger partial charge in [0.1, 0.15) is 10.7 Å².